The third kappa shape index (κ3) is 1.41. The minimum atomic E-state index is -0.448. The summed E-state index contributed by atoms with van der Waals surface area (Å²) in [4.78, 5) is 0. The highest BCUT2D eigenvalue weighted by molar-refractivity contribution is 6.35. The summed E-state index contributed by atoms with van der Waals surface area (Å²) in [5, 5.41) is 11.2. The first kappa shape index (κ1) is 9.56. The number of fused-ring (bicyclic) bond motifs is 1. The summed E-state index contributed by atoms with van der Waals surface area (Å²) in [6.07, 6.45) is 1.42. The average molecular weight is 210 g/mol. The maximum Gasteiger partial charge on any atom is 0.0762 e. The third-order valence-corrected chi connectivity index (χ3v) is 2.75. The number of hydrogen-bond acceptors (Lipinski definition) is 1. The number of nitrogens with zero attached hydrogens (tertiary/aromatic N) is 1. The van der Waals surface area contributed by atoms with E-state index in [1.54, 1.807) is 6.92 Å². The normalized spacial score (nSPS) is 13.4. The molecule has 1 atom stereocenters. The summed E-state index contributed by atoms with van der Waals surface area (Å²) in [6, 6.07) is 5.83. The van der Waals surface area contributed by atoms with Crippen molar-refractivity contribution in [3.8, 4) is 0 Å². The Kier molecular flexibility index (Phi) is 2.25. The summed E-state index contributed by atoms with van der Waals surface area (Å²) >= 11 is 6.05. The number of hydrogen-bond donors (Lipinski definition) is 1. The van der Waals surface area contributed by atoms with Gasteiger partial charge in [0.15, 0.2) is 0 Å². The highest BCUT2D eigenvalue weighted by Crippen LogP contribution is 2.27. The van der Waals surface area contributed by atoms with Gasteiger partial charge in [-0.2, -0.15) is 0 Å². The Balaban J connectivity index is 2.71. The van der Waals surface area contributed by atoms with Crippen LogP contribution < -0.4 is 0 Å². The maximum atomic E-state index is 9.43. The van der Waals surface area contributed by atoms with E-state index in [0.717, 1.165) is 21.5 Å². The number of aliphatic hydroxyl groups excluding tert-OH is 1. The van der Waals surface area contributed by atoms with Crippen LogP contribution in [0.25, 0.3) is 10.9 Å². The van der Waals surface area contributed by atoms with Crippen molar-refractivity contribution in [2.24, 2.45) is 7.05 Å². The van der Waals surface area contributed by atoms with Gasteiger partial charge in [-0.25, -0.2) is 0 Å². The van der Waals surface area contributed by atoms with E-state index in [2.05, 4.69) is 0 Å². The first-order chi connectivity index (χ1) is 6.59. The number of aliphatic hydroxyl groups is 1. The van der Waals surface area contributed by atoms with Crippen molar-refractivity contribution in [2.75, 3.05) is 0 Å². The monoisotopic (exact) mass is 209 g/mol. The van der Waals surface area contributed by atoms with E-state index < -0.39 is 6.10 Å². The van der Waals surface area contributed by atoms with Gasteiger partial charge in [-0.3, -0.25) is 0 Å². The zero-order valence-electron chi connectivity index (χ0n) is 8.16. The molecule has 2 rings (SSSR count). The van der Waals surface area contributed by atoms with E-state index in [-0.39, 0.29) is 0 Å². The highest BCUT2D eigenvalue weighted by atomic mass is 35.5. The quantitative estimate of drug-likeness (QED) is 0.768. The summed E-state index contributed by atoms with van der Waals surface area (Å²) in [6.45, 7) is 1.75. The Hall–Kier alpha value is -0.990. The van der Waals surface area contributed by atoms with Gasteiger partial charge in [-0.1, -0.05) is 17.7 Å². The minimum absolute atomic E-state index is 0.448. The molecule has 1 aromatic heterocycles. The van der Waals surface area contributed by atoms with Crippen molar-refractivity contribution in [2.45, 2.75) is 13.0 Å². The number of aryl methyl sites for hydroxylation is 1. The minimum Gasteiger partial charge on any atom is -0.389 e. The molecule has 0 aliphatic heterocycles. The molecule has 0 saturated carbocycles. The first-order valence-corrected chi connectivity index (χ1v) is 4.90. The predicted octanol–water partition coefficient (Wildman–Crippen LogP) is 2.89. The molecule has 14 heavy (non-hydrogen) atoms. The van der Waals surface area contributed by atoms with Crippen molar-refractivity contribution in [3.05, 3.63) is 35.0 Å². The predicted molar refractivity (Wildman–Crippen MR) is 58.6 cm³/mol. The smallest absolute Gasteiger partial charge is 0.0762 e. The van der Waals surface area contributed by atoms with Gasteiger partial charge in [0, 0.05) is 24.1 Å². The van der Waals surface area contributed by atoms with Crippen molar-refractivity contribution in [1.29, 1.82) is 0 Å². The Morgan fingerprint density at radius 2 is 2.14 bits per heavy atom. The fraction of sp³-hybridized carbons (Fsp3) is 0.273. The fourth-order valence-electron chi connectivity index (χ4n) is 1.62. The molecule has 0 spiro atoms. The number of aromatic nitrogens is 1. The van der Waals surface area contributed by atoms with Gasteiger partial charge >= 0.3 is 0 Å². The molecule has 0 bridgehead atoms. The van der Waals surface area contributed by atoms with E-state index in [0.29, 0.717) is 0 Å². The van der Waals surface area contributed by atoms with Crippen LogP contribution in [0.15, 0.2) is 24.4 Å². The standard InChI is InChI=1S/C11H12ClNO/c1-7(14)8-3-4-11-9(5-8)10(12)6-13(11)2/h3-7,14H,1-2H3. The number of halogens is 1. The Morgan fingerprint density at radius 1 is 1.43 bits per heavy atom. The molecule has 0 radical (unpaired) electrons. The zero-order chi connectivity index (χ0) is 10.3. The summed E-state index contributed by atoms with van der Waals surface area (Å²) < 4.78 is 1.98. The van der Waals surface area contributed by atoms with Crippen LogP contribution in [0.2, 0.25) is 5.02 Å². The van der Waals surface area contributed by atoms with E-state index >= 15 is 0 Å². The SMILES string of the molecule is CC(O)c1ccc2c(c1)c(Cl)cn2C. The van der Waals surface area contributed by atoms with Crippen molar-refractivity contribution in [1.82, 2.24) is 4.57 Å². The fourth-order valence-corrected chi connectivity index (χ4v) is 1.92. The molecule has 1 N–H and O–H groups in total. The van der Waals surface area contributed by atoms with Crippen molar-refractivity contribution < 1.29 is 5.11 Å². The molecular weight excluding hydrogens is 198 g/mol. The number of benzene rings is 1. The van der Waals surface area contributed by atoms with Crippen molar-refractivity contribution >= 4 is 22.5 Å². The second-order valence-corrected chi connectivity index (χ2v) is 3.95. The van der Waals surface area contributed by atoms with Gasteiger partial charge in [-0.05, 0) is 24.6 Å². The van der Waals surface area contributed by atoms with Crippen LogP contribution >= 0.6 is 11.6 Å². The third-order valence-electron chi connectivity index (χ3n) is 2.45. The van der Waals surface area contributed by atoms with E-state index in [1.807, 2.05) is 36.0 Å². The van der Waals surface area contributed by atoms with Gasteiger partial charge < -0.3 is 9.67 Å². The van der Waals surface area contributed by atoms with E-state index in [4.69, 9.17) is 11.6 Å². The van der Waals surface area contributed by atoms with Crippen LogP contribution in [0, 0.1) is 0 Å². The van der Waals surface area contributed by atoms with Gasteiger partial charge in [-0.15, -0.1) is 0 Å². The van der Waals surface area contributed by atoms with Gasteiger partial charge in [0.1, 0.15) is 0 Å². The highest BCUT2D eigenvalue weighted by Gasteiger charge is 2.07. The molecule has 1 aromatic carbocycles. The van der Waals surface area contributed by atoms with Crippen LogP contribution in [0.4, 0.5) is 0 Å². The molecule has 3 heteroatoms. The molecule has 2 aromatic rings. The molecule has 0 aliphatic carbocycles. The second kappa shape index (κ2) is 3.30. The van der Waals surface area contributed by atoms with Crippen LogP contribution in [0.1, 0.15) is 18.6 Å². The lowest BCUT2D eigenvalue weighted by Gasteiger charge is -2.04. The largest absolute Gasteiger partial charge is 0.389 e. The van der Waals surface area contributed by atoms with Crippen LogP contribution in [-0.2, 0) is 7.05 Å². The van der Waals surface area contributed by atoms with Crippen molar-refractivity contribution in [3.63, 3.8) is 0 Å². The average Bonchev–Trinajstić information content (AvgIpc) is 2.42. The summed E-state index contributed by atoms with van der Waals surface area (Å²) in [5.41, 5.74) is 1.98. The molecule has 0 saturated heterocycles. The molecule has 1 unspecified atom stereocenters. The first-order valence-electron chi connectivity index (χ1n) is 4.52. The van der Waals surface area contributed by atoms with Gasteiger partial charge in [0.2, 0.25) is 0 Å². The zero-order valence-corrected chi connectivity index (χ0v) is 8.92. The lowest BCUT2D eigenvalue weighted by molar-refractivity contribution is 0.199. The van der Waals surface area contributed by atoms with Crippen LogP contribution in [0.5, 0.6) is 0 Å². The number of rotatable bonds is 1. The molecule has 74 valence electrons. The lowest BCUT2D eigenvalue weighted by atomic mass is 10.1. The second-order valence-electron chi connectivity index (χ2n) is 3.54. The Bertz CT molecular complexity index is 473. The maximum absolute atomic E-state index is 9.43. The molecular formula is C11H12ClNO. The van der Waals surface area contributed by atoms with E-state index in [9.17, 15) is 5.11 Å². The van der Waals surface area contributed by atoms with Gasteiger partial charge in [0.05, 0.1) is 11.1 Å². The molecule has 0 fully saturated rings. The Morgan fingerprint density at radius 3 is 2.79 bits per heavy atom. The van der Waals surface area contributed by atoms with Crippen LogP contribution in [0.3, 0.4) is 0 Å². The lowest BCUT2D eigenvalue weighted by Crippen LogP contribution is -1.90. The van der Waals surface area contributed by atoms with E-state index in [1.165, 1.54) is 0 Å². The summed E-state index contributed by atoms with van der Waals surface area (Å²) in [5.74, 6) is 0. The van der Waals surface area contributed by atoms with Gasteiger partial charge in [0.25, 0.3) is 0 Å². The summed E-state index contributed by atoms with van der Waals surface area (Å²) in [7, 11) is 1.95. The van der Waals surface area contributed by atoms with Crippen LogP contribution in [-0.4, -0.2) is 9.67 Å². The molecule has 0 aliphatic rings. The topological polar surface area (TPSA) is 25.2 Å². The molecule has 0 amide bonds. The molecule has 1 heterocycles. The molecule has 2 nitrogen and oxygen atoms in total. The Labute approximate surface area is 87.7 Å².